The number of nitrogens with zero attached hydrogens (tertiary/aromatic N) is 2. The number of benzene rings is 1. The predicted octanol–water partition coefficient (Wildman–Crippen LogP) is 2.00. The summed E-state index contributed by atoms with van der Waals surface area (Å²) < 4.78 is 0. The molecule has 0 saturated carbocycles. The number of aromatic amines is 1. The van der Waals surface area contributed by atoms with E-state index in [4.69, 9.17) is 10.8 Å². The third kappa shape index (κ3) is 2.80. The molecule has 0 atom stereocenters. The van der Waals surface area contributed by atoms with Gasteiger partial charge in [0.05, 0.1) is 5.52 Å². The van der Waals surface area contributed by atoms with Crippen molar-refractivity contribution in [3.63, 3.8) is 0 Å². The SMILES string of the molecule is Nc1n[nH]c2ccc(-c3ccnc(NCCCO)c3)cc12. The monoisotopic (exact) mass is 283 g/mol. The van der Waals surface area contributed by atoms with Gasteiger partial charge >= 0.3 is 0 Å². The highest BCUT2D eigenvalue weighted by atomic mass is 16.3. The minimum absolute atomic E-state index is 0.170. The maximum atomic E-state index is 8.80. The van der Waals surface area contributed by atoms with Crippen molar-refractivity contribution >= 4 is 22.5 Å². The van der Waals surface area contributed by atoms with Gasteiger partial charge in [-0.1, -0.05) is 6.07 Å². The summed E-state index contributed by atoms with van der Waals surface area (Å²) in [4.78, 5) is 4.27. The summed E-state index contributed by atoms with van der Waals surface area (Å²) in [6.07, 6.45) is 2.46. The fourth-order valence-corrected chi connectivity index (χ4v) is 2.22. The molecule has 0 fully saturated rings. The summed E-state index contributed by atoms with van der Waals surface area (Å²) in [7, 11) is 0. The number of aliphatic hydroxyl groups is 1. The van der Waals surface area contributed by atoms with E-state index in [1.54, 1.807) is 6.20 Å². The summed E-state index contributed by atoms with van der Waals surface area (Å²) in [5, 5.41) is 19.8. The molecule has 0 saturated heterocycles. The van der Waals surface area contributed by atoms with Crippen LogP contribution in [0.15, 0.2) is 36.5 Å². The number of anilines is 2. The quantitative estimate of drug-likeness (QED) is 0.537. The van der Waals surface area contributed by atoms with E-state index in [9.17, 15) is 0 Å². The molecule has 3 rings (SSSR count). The fourth-order valence-electron chi connectivity index (χ4n) is 2.22. The highest BCUT2D eigenvalue weighted by molar-refractivity contribution is 5.92. The van der Waals surface area contributed by atoms with Crippen LogP contribution >= 0.6 is 0 Å². The molecule has 21 heavy (non-hydrogen) atoms. The Morgan fingerprint density at radius 3 is 2.90 bits per heavy atom. The Morgan fingerprint density at radius 2 is 2.05 bits per heavy atom. The van der Waals surface area contributed by atoms with Gasteiger partial charge < -0.3 is 16.2 Å². The van der Waals surface area contributed by atoms with E-state index in [0.717, 1.165) is 27.8 Å². The van der Waals surface area contributed by atoms with Crippen LogP contribution in [0.25, 0.3) is 22.0 Å². The number of pyridine rings is 1. The lowest BCUT2D eigenvalue weighted by atomic mass is 10.0. The molecule has 5 N–H and O–H groups in total. The molecule has 0 aliphatic heterocycles. The third-order valence-corrected chi connectivity index (χ3v) is 3.33. The van der Waals surface area contributed by atoms with Crippen molar-refractivity contribution in [2.75, 3.05) is 24.2 Å². The lowest BCUT2D eigenvalue weighted by Gasteiger charge is -2.07. The van der Waals surface area contributed by atoms with Gasteiger partial charge in [-0.25, -0.2) is 4.98 Å². The first-order valence-electron chi connectivity index (χ1n) is 6.82. The predicted molar refractivity (Wildman–Crippen MR) is 83.9 cm³/mol. The summed E-state index contributed by atoms with van der Waals surface area (Å²) in [6, 6.07) is 9.94. The van der Waals surface area contributed by atoms with Crippen LogP contribution in [0, 0.1) is 0 Å². The van der Waals surface area contributed by atoms with Crippen LogP contribution < -0.4 is 11.1 Å². The minimum atomic E-state index is 0.170. The lowest BCUT2D eigenvalue weighted by Crippen LogP contribution is -2.04. The first kappa shape index (κ1) is 13.4. The minimum Gasteiger partial charge on any atom is -0.396 e. The molecule has 2 aromatic heterocycles. The molecule has 0 unspecified atom stereocenters. The van der Waals surface area contributed by atoms with Crippen LogP contribution in [0.4, 0.5) is 11.6 Å². The number of aliphatic hydroxyl groups excluding tert-OH is 1. The van der Waals surface area contributed by atoms with Crippen LogP contribution in [0.2, 0.25) is 0 Å². The second-order valence-electron chi connectivity index (χ2n) is 4.80. The molecule has 0 amide bonds. The number of rotatable bonds is 5. The summed E-state index contributed by atoms with van der Waals surface area (Å²) in [5.41, 5.74) is 8.88. The first-order chi connectivity index (χ1) is 10.3. The maximum Gasteiger partial charge on any atom is 0.153 e. The molecule has 1 aromatic carbocycles. The van der Waals surface area contributed by atoms with E-state index in [0.29, 0.717) is 18.8 Å². The zero-order valence-electron chi connectivity index (χ0n) is 11.5. The van der Waals surface area contributed by atoms with Gasteiger partial charge in [0, 0.05) is 24.7 Å². The highest BCUT2D eigenvalue weighted by Gasteiger charge is 2.05. The van der Waals surface area contributed by atoms with Crippen molar-refractivity contribution in [2.24, 2.45) is 0 Å². The van der Waals surface area contributed by atoms with E-state index in [-0.39, 0.29) is 6.61 Å². The molecular weight excluding hydrogens is 266 g/mol. The van der Waals surface area contributed by atoms with Gasteiger partial charge in [0.1, 0.15) is 5.82 Å². The Bertz CT molecular complexity index is 753. The van der Waals surface area contributed by atoms with Gasteiger partial charge in [-0.05, 0) is 41.8 Å². The summed E-state index contributed by atoms with van der Waals surface area (Å²) >= 11 is 0. The van der Waals surface area contributed by atoms with E-state index in [1.807, 2.05) is 30.3 Å². The van der Waals surface area contributed by atoms with Crippen LogP contribution in [0.3, 0.4) is 0 Å². The molecule has 3 aromatic rings. The molecule has 0 aliphatic carbocycles. The zero-order chi connectivity index (χ0) is 14.7. The number of hydrogen-bond donors (Lipinski definition) is 4. The lowest BCUT2D eigenvalue weighted by molar-refractivity contribution is 0.292. The molecule has 0 aliphatic rings. The zero-order valence-corrected chi connectivity index (χ0v) is 11.5. The van der Waals surface area contributed by atoms with Crippen LogP contribution in [-0.4, -0.2) is 33.4 Å². The maximum absolute atomic E-state index is 8.80. The van der Waals surface area contributed by atoms with E-state index in [2.05, 4.69) is 20.5 Å². The van der Waals surface area contributed by atoms with Crippen molar-refractivity contribution < 1.29 is 5.11 Å². The van der Waals surface area contributed by atoms with Crippen molar-refractivity contribution in [3.8, 4) is 11.1 Å². The van der Waals surface area contributed by atoms with Gasteiger partial charge in [-0.3, -0.25) is 5.10 Å². The van der Waals surface area contributed by atoms with E-state index < -0.39 is 0 Å². The number of H-pyrrole nitrogens is 1. The number of nitrogens with one attached hydrogen (secondary N) is 2. The number of nitrogens with two attached hydrogens (primary N) is 1. The average Bonchev–Trinajstić information content (AvgIpc) is 2.89. The van der Waals surface area contributed by atoms with Gasteiger partial charge in [0.25, 0.3) is 0 Å². The average molecular weight is 283 g/mol. The molecule has 0 radical (unpaired) electrons. The largest absolute Gasteiger partial charge is 0.396 e. The Hall–Kier alpha value is -2.60. The second-order valence-corrected chi connectivity index (χ2v) is 4.80. The van der Waals surface area contributed by atoms with Crippen LogP contribution in [0.5, 0.6) is 0 Å². The standard InChI is InChI=1S/C15H17N5O/c16-15-12-8-10(2-3-13(12)19-20-15)11-4-6-18-14(9-11)17-5-1-7-21/h2-4,6,8-9,21H,1,5,7H2,(H,17,18)(H3,16,19,20). The second kappa shape index (κ2) is 5.80. The van der Waals surface area contributed by atoms with Gasteiger partial charge in [0.15, 0.2) is 5.82 Å². The smallest absolute Gasteiger partial charge is 0.153 e. The molecule has 6 heteroatoms. The van der Waals surface area contributed by atoms with Gasteiger partial charge in [-0.15, -0.1) is 0 Å². The number of aromatic nitrogens is 3. The number of hydrogen-bond acceptors (Lipinski definition) is 5. The third-order valence-electron chi connectivity index (χ3n) is 3.33. The van der Waals surface area contributed by atoms with E-state index >= 15 is 0 Å². The van der Waals surface area contributed by atoms with Gasteiger partial charge in [0.2, 0.25) is 0 Å². The van der Waals surface area contributed by atoms with E-state index in [1.165, 1.54) is 0 Å². The normalized spacial score (nSPS) is 10.9. The van der Waals surface area contributed by atoms with Crippen molar-refractivity contribution in [1.29, 1.82) is 0 Å². The summed E-state index contributed by atoms with van der Waals surface area (Å²) in [5.74, 6) is 1.29. The highest BCUT2D eigenvalue weighted by Crippen LogP contribution is 2.27. The molecular formula is C15H17N5O. The number of nitrogen functional groups attached to an aromatic ring is 1. The summed E-state index contributed by atoms with van der Waals surface area (Å²) in [6.45, 7) is 0.865. The Morgan fingerprint density at radius 1 is 1.19 bits per heavy atom. The molecule has 0 spiro atoms. The Balaban J connectivity index is 1.90. The Kier molecular flexibility index (Phi) is 3.70. The van der Waals surface area contributed by atoms with Crippen molar-refractivity contribution in [3.05, 3.63) is 36.5 Å². The number of fused-ring (bicyclic) bond motifs is 1. The van der Waals surface area contributed by atoms with Crippen LogP contribution in [0.1, 0.15) is 6.42 Å². The van der Waals surface area contributed by atoms with Crippen LogP contribution in [-0.2, 0) is 0 Å². The first-order valence-corrected chi connectivity index (χ1v) is 6.82. The molecule has 6 nitrogen and oxygen atoms in total. The topological polar surface area (TPSA) is 99.9 Å². The van der Waals surface area contributed by atoms with Gasteiger partial charge in [-0.2, -0.15) is 5.10 Å². The molecule has 2 heterocycles. The van der Waals surface area contributed by atoms with Crippen molar-refractivity contribution in [1.82, 2.24) is 15.2 Å². The Labute approximate surface area is 122 Å². The van der Waals surface area contributed by atoms with Crippen molar-refractivity contribution in [2.45, 2.75) is 6.42 Å². The molecule has 108 valence electrons. The fraction of sp³-hybridized carbons (Fsp3) is 0.200. The molecule has 0 bridgehead atoms.